The number of amides is 1. The highest BCUT2D eigenvalue weighted by atomic mass is 32.2. The Bertz CT molecular complexity index is 1140. The average Bonchev–Trinajstić information content (AvgIpc) is 3.32. The van der Waals surface area contributed by atoms with Crippen molar-refractivity contribution in [2.24, 2.45) is 5.92 Å². The second-order valence-electron chi connectivity index (χ2n) is 9.73. The van der Waals surface area contributed by atoms with Crippen LogP contribution >= 0.6 is 0 Å². The number of benzene rings is 2. The number of carbonyl (C=O) groups is 1. The van der Waals surface area contributed by atoms with Crippen LogP contribution in [0.25, 0.3) is 0 Å². The van der Waals surface area contributed by atoms with E-state index in [2.05, 4.69) is 0 Å². The molecule has 0 aliphatic carbocycles. The molecule has 2 fully saturated rings. The highest BCUT2D eigenvalue weighted by Crippen LogP contribution is 2.36. The molecule has 1 amide bonds. The average molecular weight is 485 g/mol. The number of aryl methyl sites for hydroxylation is 2. The third-order valence-corrected chi connectivity index (χ3v) is 9.91. The van der Waals surface area contributed by atoms with Crippen LogP contribution < -0.4 is 4.74 Å². The van der Waals surface area contributed by atoms with Crippen LogP contribution in [-0.4, -0.2) is 50.3 Å². The molecular formula is C27H36N2O4S. The number of carbonyl (C=O) groups excluding carboxylic acids is 1. The smallest absolute Gasteiger partial charge is 0.243 e. The van der Waals surface area contributed by atoms with Crippen molar-refractivity contribution in [1.29, 1.82) is 0 Å². The number of likely N-dealkylation sites (tertiary alicyclic amines) is 1. The minimum atomic E-state index is -3.60. The van der Waals surface area contributed by atoms with E-state index >= 15 is 0 Å². The van der Waals surface area contributed by atoms with E-state index in [0.717, 1.165) is 53.0 Å². The molecule has 0 unspecified atom stereocenters. The summed E-state index contributed by atoms with van der Waals surface area (Å²) in [4.78, 5) is 15.9. The Labute approximate surface area is 204 Å². The van der Waals surface area contributed by atoms with Crippen LogP contribution in [-0.2, 0) is 14.8 Å². The van der Waals surface area contributed by atoms with Crippen molar-refractivity contribution in [3.05, 3.63) is 58.1 Å². The zero-order valence-electron chi connectivity index (χ0n) is 20.9. The Balaban J connectivity index is 1.47. The maximum absolute atomic E-state index is 13.6. The third kappa shape index (κ3) is 4.48. The number of sulfonamides is 1. The molecule has 0 aromatic heterocycles. The maximum Gasteiger partial charge on any atom is 0.243 e. The fourth-order valence-corrected chi connectivity index (χ4v) is 7.52. The van der Waals surface area contributed by atoms with E-state index in [0.29, 0.717) is 30.8 Å². The van der Waals surface area contributed by atoms with E-state index < -0.39 is 10.0 Å². The molecule has 7 heteroatoms. The topological polar surface area (TPSA) is 66.9 Å². The fourth-order valence-electron chi connectivity index (χ4n) is 5.48. The molecule has 6 nitrogen and oxygen atoms in total. The number of hydrogen-bond acceptors (Lipinski definition) is 4. The number of ether oxygens (including phenoxy) is 1. The van der Waals surface area contributed by atoms with Crippen molar-refractivity contribution in [3.63, 3.8) is 0 Å². The predicted molar refractivity (Wildman–Crippen MR) is 134 cm³/mol. The first-order valence-corrected chi connectivity index (χ1v) is 13.6. The van der Waals surface area contributed by atoms with Crippen LogP contribution in [0.2, 0.25) is 0 Å². The molecule has 0 saturated carbocycles. The zero-order valence-corrected chi connectivity index (χ0v) is 21.7. The Morgan fingerprint density at radius 1 is 0.912 bits per heavy atom. The first kappa shape index (κ1) is 24.7. The number of nitrogens with zero attached hydrogens (tertiary/aromatic N) is 2. The Morgan fingerprint density at radius 3 is 2.06 bits per heavy atom. The molecule has 2 heterocycles. The lowest BCUT2D eigenvalue weighted by Crippen LogP contribution is -2.44. The summed E-state index contributed by atoms with van der Waals surface area (Å²) in [6.45, 7) is 9.21. The summed E-state index contributed by atoms with van der Waals surface area (Å²) in [5.41, 5.74) is 4.75. The Hall–Kier alpha value is -2.38. The molecule has 2 aromatic carbocycles. The molecule has 0 radical (unpaired) electrons. The summed E-state index contributed by atoms with van der Waals surface area (Å²) in [5, 5.41) is 0. The van der Waals surface area contributed by atoms with Crippen LogP contribution in [0, 0.1) is 33.6 Å². The van der Waals surface area contributed by atoms with Crippen LogP contribution in [0.3, 0.4) is 0 Å². The van der Waals surface area contributed by atoms with E-state index in [1.165, 1.54) is 0 Å². The van der Waals surface area contributed by atoms with Gasteiger partial charge in [-0.25, -0.2) is 8.42 Å². The lowest BCUT2D eigenvalue weighted by atomic mass is 9.95. The first-order valence-electron chi connectivity index (χ1n) is 12.2. The van der Waals surface area contributed by atoms with Gasteiger partial charge in [-0.15, -0.1) is 0 Å². The summed E-state index contributed by atoms with van der Waals surface area (Å²) in [5.74, 6) is 0.836. The third-order valence-electron chi connectivity index (χ3n) is 7.73. The SMILES string of the molecule is COc1ccc([C@@H]2CCCN2C(=O)C2CCN(S(=O)(=O)c3c(C)c(C)cc(C)c3C)CC2)cc1. The molecule has 2 aliphatic rings. The summed E-state index contributed by atoms with van der Waals surface area (Å²) < 4.78 is 34.0. The van der Waals surface area contributed by atoms with Gasteiger partial charge in [-0.2, -0.15) is 4.31 Å². The van der Waals surface area contributed by atoms with Crippen molar-refractivity contribution in [1.82, 2.24) is 9.21 Å². The lowest BCUT2D eigenvalue weighted by Gasteiger charge is -2.35. The van der Waals surface area contributed by atoms with E-state index in [-0.39, 0.29) is 17.9 Å². The molecule has 0 spiro atoms. The molecule has 2 aliphatic heterocycles. The number of hydrogen-bond donors (Lipinski definition) is 0. The summed E-state index contributed by atoms with van der Waals surface area (Å²) >= 11 is 0. The van der Waals surface area contributed by atoms with Crippen molar-refractivity contribution in [3.8, 4) is 5.75 Å². The molecule has 4 rings (SSSR count). The highest BCUT2D eigenvalue weighted by Gasteiger charge is 2.38. The van der Waals surface area contributed by atoms with Gasteiger partial charge in [0.05, 0.1) is 18.0 Å². The molecule has 2 saturated heterocycles. The minimum Gasteiger partial charge on any atom is -0.497 e. The van der Waals surface area contributed by atoms with Crippen molar-refractivity contribution in [2.45, 2.75) is 64.3 Å². The monoisotopic (exact) mass is 484 g/mol. The fraction of sp³-hybridized carbons (Fsp3) is 0.519. The number of piperidine rings is 1. The summed E-state index contributed by atoms with van der Waals surface area (Å²) in [7, 11) is -1.95. The van der Waals surface area contributed by atoms with Gasteiger partial charge in [-0.3, -0.25) is 4.79 Å². The van der Waals surface area contributed by atoms with Crippen LogP contribution in [0.15, 0.2) is 35.2 Å². The lowest BCUT2D eigenvalue weighted by molar-refractivity contribution is -0.137. The van der Waals surface area contributed by atoms with Gasteiger partial charge in [0.2, 0.25) is 15.9 Å². The van der Waals surface area contributed by atoms with Crippen LogP contribution in [0.1, 0.15) is 59.5 Å². The van der Waals surface area contributed by atoms with Gasteiger partial charge < -0.3 is 9.64 Å². The quantitative estimate of drug-likeness (QED) is 0.617. The van der Waals surface area contributed by atoms with E-state index in [4.69, 9.17) is 4.74 Å². The number of methoxy groups -OCH3 is 1. The molecule has 34 heavy (non-hydrogen) atoms. The van der Waals surface area contributed by atoms with Gasteiger partial charge in [-0.1, -0.05) is 18.2 Å². The summed E-state index contributed by atoms with van der Waals surface area (Å²) in [6, 6.07) is 10.1. The van der Waals surface area contributed by atoms with Crippen LogP contribution in [0.4, 0.5) is 0 Å². The minimum absolute atomic E-state index is 0.0840. The molecule has 2 aromatic rings. The zero-order chi connectivity index (χ0) is 24.6. The van der Waals surface area contributed by atoms with E-state index in [1.54, 1.807) is 11.4 Å². The number of rotatable bonds is 5. The van der Waals surface area contributed by atoms with Gasteiger partial charge in [0, 0.05) is 25.6 Å². The Morgan fingerprint density at radius 2 is 1.50 bits per heavy atom. The van der Waals surface area contributed by atoms with Gasteiger partial charge in [0.1, 0.15) is 5.75 Å². The van der Waals surface area contributed by atoms with Crippen molar-refractivity contribution in [2.75, 3.05) is 26.7 Å². The van der Waals surface area contributed by atoms with E-state index in [9.17, 15) is 13.2 Å². The highest BCUT2D eigenvalue weighted by molar-refractivity contribution is 7.89. The van der Waals surface area contributed by atoms with Gasteiger partial charge >= 0.3 is 0 Å². The van der Waals surface area contributed by atoms with Crippen molar-refractivity contribution < 1.29 is 17.9 Å². The van der Waals surface area contributed by atoms with Crippen molar-refractivity contribution >= 4 is 15.9 Å². The second kappa shape index (κ2) is 9.70. The predicted octanol–water partition coefficient (Wildman–Crippen LogP) is 4.69. The van der Waals surface area contributed by atoms with Gasteiger partial charge in [0.25, 0.3) is 0 Å². The molecular weight excluding hydrogens is 448 g/mol. The summed E-state index contributed by atoms with van der Waals surface area (Å²) in [6.07, 6.45) is 3.07. The van der Waals surface area contributed by atoms with Gasteiger partial charge in [0.15, 0.2) is 0 Å². The molecule has 1 atom stereocenters. The maximum atomic E-state index is 13.6. The molecule has 0 N–H and O–H groups in total. The van der Waals surface area contributed by atoms with E-state index in [1.807, 2.05) is 62.9 Å². The largest absolute Gasteiger partial charge is 0.497 e. The van der Waals surface area contributed by atoms with Gasteiger partial charge in [-0.05, 0) is 93.3 Å². The van der Waals surface area contributed by atoms with Crippen LogP contribution in [0.5, 0.6) is 5.75 Å². The Kier molecular flexibility index (Phi) is 7.06. The first-order chi connectivity index (χ1) is 16.1. The second-order valence-corrected chi connectivity index (χ2v) is 11.6. The normalized spacial score (nSPS) is 20.0. The standard InChI is InChI=1S/C27H36N2O4S/c1-18-17-19(2)21(4)26(20(18)3)34(31,32)28-15-12-23(13-16-28)27(30)29-14-6-7-25(29)22-8-10-24(33-5)11-9-22/h8-11,17,23,25H,6-7,12-16H2,1-5H3/t25-/m0/s1. The molecule has 184 valence electrons. The molecule has 0 bridgehead atoms.